The largest absolute Gasteiger partial charge is 0.385 e. The number of benzene rings is 5. The molecule has 2 aliphatic heterocycles. The van der Waals surface area contributed by atoms with Crippen LogP contribution in [0.1, 0.15) is 27.8 Å². The van der Waals surface area contributed by atoms with Gasteiger partial charge in [-0.25, -0.2) is 0 Å². The van der Waals surface area contributed by atoms with E-state index in [2.05, 4.69) is 6.58 Å². The fourth-order valence-corrected chi connectivity index (χ4v) is 7.41. The Morgan fingerprint density at radius 2 is 0.778 bits per heavy atom. The minimum atomic E-state index is -1.39. The number of aliphatic hydroxyl groups excluding tert-OH is 2. The van der Waals surface area contributed by atoms with Crippen LogP contribution in [0, 0.1) is 88.1 Å². The van der Waals surface area contributed by atoms with Crippen LogP contribution in [0.2, 0.25) is 0 Å². The van der Waals surface area contributed by atoms with Crippen LogP contribution in [0.4, 0.5) is 0 Å². The van der Waals surface area contributed by atoms with Gasteiger partial charge in [-0.1, -0.05) is 158 Å². The van der Waals surface area contributed by atoms with Crippen molar-refractivity contribution in [1.29, 1.82) is 0 Å². The van der Waals surface area contributed by atoms with Crippen molar-refractivity contribution in [2.75, 3.05) is 19.8 Å². The predicted octanol–water partition coefficient (Wildman–Crippen LogP) is 6.94. The van der Waals surface area contributed by atoms with Crippen LogP contribution >= 0.6 is 0 Å². The first-order valence-corrected chi connectivity index (χ1v) is 20.8. The maximum absolute atomic E-state index is 12.2. The van der Waals surface area contributed by atoms with E-state index in [1.54, 1.807) is 6.08 Å². The summed E-state index contributed by atoms with van der Waals surface area (Å²) in [5.41, 5.74) is 4.70. The molecule has 328 valence electrons. The van der Waals surface area contributed by atoms with Gasteiger partial charge < -0.3 is 52.8 Å². The Hall–Kier alpha value is -1.72. The van der Waals surface area contributed by atoms with Crippen molar-refractivity contribution < 1.29 is 141 Å². The molecule has 0 aromatic heterocycles. The van der Waals surface area contributed by atoms with Crippen molar-refractivity contribution in [2.45, 2.75) is 94.4 Å². The van der Waals surface area contributed by atoms with Crippen LogP contribution in [-0.4, -0.2) is 91.4 Å². The molecule has 11 nitrogen and oxygen atoms in total. The molecule has 13 heteroatoms. The van der Waals surface area contributed by atoms with Gasteiger partial charge in [-0.15, -0.1) is 6.58 Å². The Morgan fingerprint density at radius 1 is 0.429 bits per heavy atom. The van der Waals surface area contributed by atoms with Crippen LogP contribution in [-0.2, 0) is 75.7 Å². The number of aliphatic hydroxyl groups is 2. The quantitative estimate of drug-likeness (QED) is 0.0702. The van der Waals surface area contributed by atoms with Crippen molar-refractivity contribution in [3.8, 4) is 0 Å². The second-order valence-electron chi connectivity index (χ2n) is 15.1. The maximum atomic E-state index is 12.2. The van der Waals surface area contributed by atoms with Gasteiger partial charge in [0, 0.05) is 88.1 Å². The molecule has 2 aliphatic rings. The summed E-state index contributed by atoms with van der Waals surface area (Å²) < 4.78 is 58.1. The second-order valence-corrected chi connectivity index (χ2v) is 15.1. The molecule has 0 saturated carbocycles. The Labute approximate surface area is 442 Å². The van der Waals surface area contributed by atoms with Crippen molar-refractivity contribution >= 4 is 0 Å². The van der Waals surface area contributed by atoms with E-state index in [0.29, 0.717) is 13.2 Å². The molecule has 0 bridgehead atoms. The number of ether oxygens (including phenoxy) is 9. The zero-order valence-electron chi connectivity index (χ0n) is 35.4. The van der Waals surface area contributed by atoms with Crippen LogP contribution in [0.5, 0.6) is 0 Å². The summed E-state index contributed by atoms with van der Waals surface area (Å²) in [5, 5.41) is 24.4. The Bertz CT molecular complexity index is 1970. The molecule has 7 rings (SSSR count). The minimum Gasteiger partial charge on any atom is -0.385 e. The van der Waals surface area contributed by atoms with Crippen molar-refractivity contribution in [3.63, 3.8) is 0 Å². The molecule has 10 atom stereocenters. The molecule has 5 aromatic carbocycles. The van der Waals surface area contributed by atoms with E-state index in [1.165, 1.54) is 0 Å². The smallest absolute Gasteiger partial charge is 0.187 e. The second kappa shape index (κ2) is 28.5. The third-order valence-electron chi connectivity index (χ3n) is 10.5. The first kappa shape index (κ1) is 52.3. The van der Waals surface area contributed by atoms with Gasteiger partial charge in [0.2, 0.25) is 0 Å². The topological polar surface area (TPSA) is 124 Å². The zero-order valence-corrected chi connectivity index (χ0v) is 44.9. The van der Waals surface area contributed by atoms with Crippen molar-refractivity contribution in [2.24, 2.45) is 0 Å². The van der Waals surface area contributed by atoms with Gasteiger partial charge in [-0.2, -0.15) is 0 Å². The van der Waals surface area contributed by atoms with Gasteiger partial charge in [-0.3, -0.25) is 0 Å². The summed E-state index contributed by atoms with van der Waals surface area (Å²) >= 11 is 0. The van der Waals surface area contributed by atoms with E-state index < -0.39 is 61.4 Å². The average molecular weight is 1290 g/mol. The first-order valence-electron chi connectivity index (χ1n) is 20.8. The van der Waals surface area contributed by atoms with Crippen molar-refractivity contribution in [3.05, 3.63) is 192 Å². The van der Waals surface area contributed by atoms with Gasteiger partial charge >= 0.3 is 0 Å². The molecule has 2 N–H and O–H groups in total. The average Bonchev–Trinajstić information content (AvgIpc) is 3.31. The molecule has 5 aromatic rings. The number of hydrogen-bond donors (Lipinski definition) is 2. The van der Waals surface area contributed by atoms with Crippen LogP contribution in [0.15, 0.2) is 164 Å². The molecule has 2 fully saturated rings. The normalized spacial score (nSPS) is 25.6. The van der Waals surface area contributed by atoms with Gasteiger partial charge in [0.25, 0.3) is 0 Å². The molecule has 0 aliphatic carbocycles. The summed E-state index contributed by atoms with van der Waals surface area (Å²) in [7, 11) is 0. The third kappa shape index (κ3) is 16.0. The van der Waals surface area contributed by atoms with E-state index in [4.69, 9.17) is 42.6 Å². The van der Waals surface area contributed by atoms with Gasteiger partial charge in [0.1, 0.15) is 48.8 Å². The summed E-state index contributed by atoms with van der Waals surface area (Å²) in [6.07, 6.45) is -8.98. The zero-order chi connectivity index (χ0) is 42.1. The van der Waals surface area contributed by atoms with Gasteiger partial charge in [0.05, 0.1) is 52.9 Å². The molecule has 0 spiro atoms. The van der Waals surface area contributed by atoms with Gasteiger partial charge in [0.15, 0.2) is 12.6 Å². The molecule has 0 amide bonds. The van der Waals surface area contributed by atoms with E-state index >= 15 is 0 Å². The van der Waals surface area contributed by atoms with E-state index in [1.807, 2.05) is 152 Å². The van der Waals surface area contributed by atoms with E-state index in [-0.39, 0.29) is 128 Å². The third-order valence-corrected chi connectivity index (χ3v) is 10.5. The van der Waals surface area contributed by atoms with E-state index in [0.717, 1.165) is 27.8 Å². The number of rotatable bonds is 22. The first-order chi connectivity index (χ1) is 30.1. The fourth-order valence-electron chi connectivity index (χ4n) is 7.41. The van der Waals surface area contributed by atoms with E-state index in [9.17, 15) is 10.2 Å². The van der Waals surface area contributed by atoms with Crippen LogP contribution in [0.25, 0.3) is 0 Å². The molecule has 63 heavy (non-hydrogen) atoms. The standard InChI is InChI=1S/C50H56O11.2Ac/c1-2-28-55-47-43(51)50(60-41(34-53-29-36-18-8-3-9-19-36)45(47)56-31-38-22-12-5-13-23-38)61-48-44(52)49(58-33-40-26-16-7-17-27-40)59-42(35-54-30-37-20-10-4-11-21-37)46(48)57-32-39-24-14-6-15-25-39;;/h2-27,41-52H,1,28-35H2;;/t41?,42?,43?,44?,45-,46-,47-,48-,49-,50+;;/m1../s1. The van der Waals surface area contributed by atoms with Crippen molar-refractivity contribution in [1.82, 2.24) is 0 Å². The molecule has 2 heterocycles. The molecule has 4 unspecified atom stereocenters. The molecule has 2 radical (unpaired) electrons. The van der Waals surface area contributed by atoms with Crippen LogP contribution in [0.3, 0.4) is 0 Å². The fraction of sp³-hybridized carbons (Fsp3) is 0.360. The molecular weight excluding hydrogens is 1230 g/mol. The summed E-state index contributed by atoms with van der Waals surface area (Å²) in [5.74, 6) is 0. The van der Waals surface area contributed by atoms with Gasteiger partial charge in [-0.05, 0) is 27.8 Å². The molecular formula is C50H56Ac2O11. The Balaban J connectivity index is 0.00000374. The Morgan fingerprint density at radius 3 is 1.19 bits per heavy atom. The summed E-state index contributed by atoms with van der Waals surface area (Å²) in [4.78, 5) is 0. The predicted molar refractivity (Wildman–Crippen MR) is 228 cm³/mol. The maximum Gasteiger partial charge on any atom is 0.187 e. The van der Waals surface area contributed by atoms with Crippen LogP contribution < -0.4 is 0 Å². The SMILES string of the molecule is C=CCO[C@@H]1C(O)[C@H](O[C@@H]2C(O)[C@H](OCc3ccccc3)OC(COCc3ccccc3)[C@H]2OCc2ccccc2)OC(COCc2ccccc2)[C@H]1OCc1ccccc1.[Ac].[Ac]. The number of hydrogen-bond acceptors (Lipinski definition) is 11. The monoisotopic (exact) mass is 1290 g/mol. The summed E-state index contributed by atoms with van der Waals surface area (Å²) in [6.45, 7) is 5.33. The summed E-state index contributed by atoms with van der Waals surface area (Å²) in [6, 6.07) is 48.7. The molecule has 2 saturated heterocycles. The minimum absolute atomic E-state index is 0. The Kier molecular flexibility index (Phi) is 23.6.